The molecular weight excluding hydrogens is 333 g/mol. The number of carbonyl (C=O) groups is 1. The predicted molar refractivity (Wildman–Crippen MR) is 84.3 cm³/mol. The van der Waals surface area contributed by atoms with Gasteiger partial charge in [-0.15, -0.1) is 0 Å². The van der Waals surface area contributed by atoms with Crippen molar-refractivity contribution in [1.82, 2.24) is 14.3 Å². The lowest BCUT2D eigenvalue weighted by Gasteiger charge is -2.23. The Morgan fingerprint density at radius 1 is 1.52 bits per heavy atom. The van der Waals surface area contributed by atoms with Gasteiger partial charge in [0.1, 0.15) is 23.8 Å². The summed E-state index contributed by atoms with van der Waals surface area (Å²) in [5.74, 6) is -0.899. The van der Waals surface area contributed by atoms with Gasteiger partial charge < -0.3 is 9.30 Å². The molecule has 0 unspecified atom stereocenters. The van der Waals surface area contributed by atoms with Crippen LogP contribution in [-0.4, -0.2) is 39.0 Å². The fourth-order valence-corrected chi connectivity index (χ4v) is 2.60. The summed E-state index contributed by atoms with van der Waals surface area (Å²) in [6.07, 6.45) is 1.04. The van der Waals surface area contributed by atoms with Gasteiger partial charge in [0.25, 0.3) is 5.91 Å². The maximum Gasteiger partial charge on any atom is 0.406 e. The minimum Gasteiger partial charge on any atom is -0.326 e. The van der Waals surface area contributed by atoms with Crippen molar-refractivity contribution in [2.24, 2.45) is 0 Å². The van der Waals surface area contributed by atoms with E-state index in [1.807, 2.05) is 19.1 Å². The van der Waals surface area contributed by atoms with E-state index in [1.54, 1.807) is 16.7 Å². The Bertz CT molecular complexity index is 887. The lowest BCUT2D eigenvalue weighted by molar-refractivity contribution is -0.159. The molecule has 2 aromatic heterocycles. The number of aromatic nitrogens is 2. The van der Waals surface area contributed by atoms with Gasteiger partial charge >= 0.3 is 6.18 Å². The standard InChI is InChI=1S/C17H15F3N4O/c1-11-4-5-23-14(9-22-15(23)6-11)7-12(8-21)16(25)24(13-2-3-13)10-17(18,19)20/h4-7,9,13H,2-3,10H2,1H3/b12-7-. The van der Waals surface area contributed by atoms with E-state index in [-0.39, 0.29) is 5.57 Å². The van der Waals surface area contributed by atoms with Crippen molar-refractivity contribution in [3.8, 4) is 6.07 Å². The van der Waals surface area contributed by atoms with E-state index in [4.69, 9.17) is 0 Å². The smallest absolute Gasteiger partial charge is 0.326 e. The number of rotatable bonds is 4. The van der Waals surface area contributed by atoms with Gasteiger partial charge in [0, 0.05) is 12.2 Å². The molecule has 130 valence electrons. The Morgan fingerprint density at radius 3 is 2.84 bits per heavy atom. The number of imidazole rings is 1. The molecule has 1 fully saturated rings. The normalized spacial score (nSPS) is 15.2. The fraction of sp³-hybridized carbons (Fsp3) is 0.353. The van der Waals surface area contributed by atoms with Gasteiger partial charge in [-0.25, -0.2) is 4.98 Å². The molecule has 1 saturated carbocycles. The number of alkyl halides is 3. The molecule has 0 radical (unpaired) electrons. The summed E-state index contributed by atoms with van der Waals surface area (Å²) < 4.78 is 39.9. The summed E-state index contributed by atoms with van der Waals surface area (Å²) in [5.41, 5.74) is 1.75. The summed E-state index contributed by atoms with van der Waals surface area (Å²) in [4.78, 5) is 17.4. The first-order chi connectivity index (χ1) is 11.8. The summed E-state index contributed by atoms with van der Waals surface area (Å²) in [6.45, 7) is 0.556. The van der Waals surface area contributed by atoms with Crippen molar-refractivity contribution in [3.63, 3.8) is 0 Å². The van der Waals surface area contributed by atoms with Crippen molar-refractivity contribution in [3.05, 3.63) is 41.4 Å². The topological polar surface area (TPSA) is 61.4 Å². The van der Waals surface area contributed by atoms with Gasteiger partial charge in [-0.05, 0) is 43.5 Å². The average Bonchev–Trinajstić information content (AvgIpc) is 3.31. The predicted octanol–water partition coefficient (Wildman–Crippen LogP) is 3.10. The third-order valence-corrected chi connectivity index (χ3v) is 3.94. The minimum absolute atomic E-state index is 0.335. The molecule has 25 heavy (non-hydrogen) atoms. The highest BCUT2D eigenvalue weighted by molar-refractivity contribution is 6.01. The Kier molecular flexibility index (Phi) is 4.25. The second-order valence-electron chi connectivity index (χ2n) is 6.06. The molecule has 0 aromatic carbocycles. The Labute approximate surface area is 142 Å². The largest absolute Gasteiger partial charge is 0.406 e. The number of aryl methyl sites for hydroxylation is 1. The molecule has 1 amide bonds. The Balaban J connectivity index is 1.93. The Morgan fingerprint density at radius 2 is 2.24 bits per heavy atom. The monoisotopic (exact) mass is 348 g/mol. The zero-order valence-corrected chi connectivity index (χ0v) is 13.4. The molecule has 2 aromatic rings. The number of pyridine rings is 1. The number of carbonyl (C=O) groups excluding carboxylic acids is 1. The van der Waals surface area contributed by atoms with Crippen LogP contribution in [0, 0.1) is 18.3 Å². The van der Waals surface area contributed by atoms with Crippen LogP contribution in [-0.2, 0) is 4.79 Å². The van der Waals surface area contributed by atoms with Crippen LogP contribution >= 0.6 is 0 Å². The van der Waals surface area contributed by atoms with Gasteiger partial charge in [0.2, 0.25) is 0 Å². The highest BCUT2D eigenvalue weighted by Gasteiger charge is 2.41. The zero-order chi connectivity index (χ0) is 18.2. The first-order valence-electron chi connectivity index (χ1n) is 7.72. The Hall–Kier alpha value is -2.82. The molecule has 5 nitrogen and oxygen atoms in total. The minimum atomic E-state index is -4.50. The zero-order valence-electron chi connectivity index (χ0n) is 13.4. The molecule has 8 heteroatoms. The number of hydrogen-bond acceptors (Lipinski definition) is 3. The third kappa shape index (κ3) is 3.82. The first-order valence-corrected chi connectivity index (χ1v) is 7.72. The number of nitriles is 1. The van der Waals surface area contributed by atoms with E-state index >= 15 is 0 Å². The molecule has 0 bridgehead atoms. The summed E-state index contributed by atoms with van der Waals surface area (Å²) in [5, 5.41) is 9.28. The van der Waals surface area contributed by atoms with Gasteiger partial charge in [-0.1, -0.05) is 0 Å². The fourth-order valence-electron chi connectivity index (χ4n) is 2.60. The number of halogens is 3. The van der Waals surface area contributed by atoms with Crippen LogP contribution in [0.1, 0.15) is 24.1 Å². The van der Waals surface area contributed by atoms with E-state index < -0.39 is 24.7 Å². The van der Waals surface area contributed by atoms with Crippen LogP contribution in [0.2, 0.25) is 0 Å². The second kappa shape index (κ2) is 6.24. The van der Waals surface area contributed by atoms with Gasteiger partial charge in [0.15, 0.2) is 0 Å². The van der Waals surface area contributed by atoms with Crippen LogP contribution in [0.5, 0.6) is 0 Å². The maximum atomic E-state index is 12.7. The van der Waals surface area contributed by atoms with E-state index in [0.717, 1.165) is 10.5 Å². The van der Waals surface area contributed by atoms with Crippen LogP contribution in [0.25, 0.3) is 11.7 Å². The van der Waals surface area contributed by atoms with Crippen molar-refractivity contribution >= 4 is 17.6 Å². The number of hydrogen-bond donors (Lipinski definition) is 0. The van der Waals surface area contributed by atoms with Gasteiger partial charge in [-0.2, -0.15) is 18.4 Å². The van der Waals surface area contributed by atoms with Crippen LogP contribution in [0.3, 0.4) is 0 Å². The molecule has 1 aliphatic rings. The summed E-state index contributed by atoms with van der Waals surface area (Å²) in [6, 6.07) is 4.94. The van der Waals surface area contributed by atoms with Crippen LogP contribution < -0.4 is 0 Å². The number of amides is 1. The van der Waals surface area contributed by atoms with Crippen LogP contribution in [0.4, 0.5) is 13.2 Å². The first kappa shape index (κ1) is 17.0. The highest BCUT2D eigenvalue weighted by atomic mass is 19.4. The lowest BCUT2D eigenvalue weighted by atomic mass is 10.2. The van der Waals surface area contributed by atoms with Crippen LogP contribution in [0.15, 0.2) is 30.1 Å². The number of fused-ring (bicyclic) bond motifs is 1. The van der Waals surface area contributed by atoms with E-state index in [1.165, 1.54) is 12.3 Å². The van der Waals surface area contributed by atoms with Gasteiger partial charge in [0.05, 0.1) is 11.9 Å². The molecular formula is C17H15F3N4O. The van der Waals surface area contributed by atoms with Gasteiger partial charge in [-0.3, -0.25) is 4.79 Å². The second-order valence-corrected chi connectivity index (χ2v) is 6.06. The molecule has 0 N–H and O–H groups in total. The molecule has 0 saturated heterocycles. The third-order valence-electron chi connectivity index (χ3n) is 3.94. The molecule has 0 spiro atoms. The van der Waals surface area contributed by atoms with E-state index in [9.17, 15) is 23.2 Å². The molecule has 1 aliphatic carbocycles. The summed E-state index contributed by atoms with van der Waals surface area (Å²) >= 11 is 0. The average molecular weight is 348 g/mol. The highest BCUT2D eigenvalue weighted by Crippen LogP contribution is 2.31. The number of nitrogens with zero attached hydrogens (tertiary/aromatic N) is 4. The summed E-state index contributed by atoms with van der Waals surface area (Å²) in [7, 11) is 0. The van der Waals surface area contributed by atoms with Crippen molar-refractivity contribution in [1.29, 1.82) is 5.26 Å². The SMILES string of the molecule is Cc1ccn2c(/C=C(/C#N)C(=O)N(CC(F)(F)F)C3CC3)cnc2c1. The quantitative estimate of drug-likeness (QED) is 0.630. The van der Waals surface area contributed by atoms with E-state index in [2.05, 4.69) is 4.98 Å². The van der Waals surface area contributed by atoms with Crippen molar-refractivity contribution < 1.29 is 18.0 Å². The molecule has 0 aliphatic heterocycles. The molecule has 2 heterocycles. The maximum absolute atomic E-state index is 12.7. The lowest BCUT2D eigenvalue weighted by Crippen LogP contribution is -2.41. The molecule has 0 atom stereocenters. The van der Waals surface area contributed by atoms with Crippen molar-refractivity contribution in [2.45, 2.75) is 32.0 Å². The van der Waals surface area contributed by atoms with E-state index in [0.29, 0.717) is 24.2 Å². The van der Waals surface area contributed by atoms with Crippen molar-refractivity contribution in [2.75, 3.05) is 6.54 Å². The molecule has 3 rings (SSSR count).